The Morgan fingerprint density at radius 3 is 2.69 bits per heavy atom. The minimum Gasteiger partial charge on any atom is -0.486 e. The van der Waals surface area contributed by atoms with Crippen molar-refractivity contribution in [2.24, 2.45) is 0 Å². The van der Waals surface area contributed by atoms with Crippen molar-refractivity contribution in [3.05, 3.63) is 59.2 Å². The number of rotatable bonds is 6. The topological polar surface area (TPSA) is 79.9 Å². The first-order chi connectivity index (χ1) is 18.6. The summed E-state index contributed by atoms with van der Waals surface area (Å²) in [4.78, 5) is 27.4. The van der Waals surface area contributed by atoms with Crippen molar-refractivity contribution in [3.63, 3.8) is 0 Å². The average molecular weight is 544 g/mol. The van der Waals surface area contributed by atoms with Crippen LogP contribution in [-0.4, -0.2) is 41.7 Å². The highest BCUT2D eigenvalue weighted by Gasteiger charge is 2.38. The van der Waals surface area contributed by atoms with E-state index < -0.39 is 23.2 Å². The van der Waals surface area contributed by atoms with Crippen LogP contribution in [0.1, 0.15) is 62.6 Å². The van der Waals surface area contributed by atoms with E-state index in [0.717, 1.165) is 37.1 Å². The summed E-state index contributed by atoms with van der Waals surface area (Å²) in [6, 6.07) is 8.51. The van der Waals surface area contributed by atoms with Crippen LogP contribution < -0.4 is 15.4 Å². The molecule has 2 N–H and O–H groups in total. The summed E-state index contributed by atoms with van der Waals surface area (Å²) >= 11 is 0. The second kappa shape index (κ2) is 10.6. The second-order valence-corrected chi connectivity index (χ2v) is 10.4. The van der Waals surface area contributed by atoms with Gasteiger partial charge in [-0.2, -0.15) is 13.2 Å². The predicted octanol–water partition coefficient (Wildman–Crippen LogP) is 6.60. The number of nitrogens with zero attached hydrogens (tertiary/aromatic N) is 1. The Hall–Kier alpha value is -3.53. The molecule has 3 amide bonds. The van der Waals surface area contributed by atoms with Crippen LogP contribution in [0.4, 0.5) is 29.3 Å². The molecule has 2 aromatic rings. The number of nitrogens with one attached hydrogen (secondary N) is 2. The number of hydrogen-bond donors (Lipinski definition) is 2. The van der Waals surface area contributed by atoms with E-state index in [4.69, 9.17) is 9.47 Å². The van der Waals surface area contributed by atoms with Crippen LogP contribution in [0.25, 0.3) is 5.57 Å². The van der Waals surface area contributed by atoms with E-state index in [1.54, 1.807) is 17.0 Å². The number of fused-ring (bicyclic) bond motifs is 2. The van der Waals surface area contributed by atoms with Crippen LogP contribution in [0, 0.1) is 0 Å². The smallest absolute Gasteiger partial charge is 0.416 e. The van der Waals surface area contributed by atoms with E-state index in [0.29, 0.717) is 54.9 Å². The van der Waals surface area contributed by atoms with Gasteiger partial charge >= 0.3 is 12.2 Å². The minimum absolute atomic E-state index is 0.0541. The summed E-state index contributed by atoms with van der Waals surface area (Å²) in [6.07, 6.45) is 0.470. The normalized spacial score (nSPS) is 21.2. The average Bonchev–Trinajstić information content (AvgIpc) is 3.41. The molecular formula is C29H32F3N3O4. The lowest BCUT2D eigenvalue weighted by molar-refractivity contribution is -0.137. The molecule has 208 valence electrons. The highest BCUT2D eigenvalue weighted by molar-refractivity contribution is 6.05. The summed E-state index contributed by atoms with van der Waals surface area (Å²) < 4.78 is 51.8. The number of carbonyl (C=O) groups is 2. The van der Waals surface area contributed by atoms with Gasteiger partial charge in [-0.15, -0.1) is 0 Å². The van der Waals surface area contributed by atoms with Crippen LogP contribution >= 0.6 is 0 Å². The summed E-state index contributed by atoms with van der Waals surface area (Å²) in [6.45, 7) is 5.55. The van der Waals surface area contributed by atoms with E-state index >= 15 is 0 Å². The molecule has 1 saturated heterocycles. The monoisotopic (exact) mass is 543 g/mol. The number of urea groups is 1. The largest absolute Gasteiger partial charge is 0.486 e. The first-order valence-corrected chi connectivity index (χ1v) is 13.3. The van der Waals surface area contributed by atoms with Crippen LogP contribution in [0.2, 0.25) is 0 Å². The van der Waals surface area contributed by atoms with Crippen molar-refractivity contribution >= 4 is 28.9 Å². The van der Waals surface area contributed by atoms with E-state index in [-0.39, 0.29) is 17.9 Å². The Balaban J connectivity index is 1.34. The van der Waals surface area contributed by atoms with Gasteiger partial charge in [0.25, 0.3) is 0 Å². The molecule has 0 aromatic heterocycles. The number of ether oxygens (including phenoxy) is 2. The van der Waals surface area contributed by atoms with Crippen molar-refractivity contribution < 1.29 is 32.2 Å². The van der Waals surface area contributed by atoms with E-state index in [1.807, 2.05) is 19.9 Å². The van der Waals surface area contributed by atoms with Gasteiger partial charge < -0.3 is 25.0 Å². The van der Waals surface area contributed by atoms with Gasteiger partial charge in [0, 0.05) is 49.1 Å². The van der Waals surface area contributed by atoms with Crippen LogP contribution in [0.3, 0.4) is 0 Å². The summed E-state index contributed by atoms with van der Waals surface area (Å²) in [7, 11) is 0. The molecule has 5 rings (SSSR count). The fourth-order valence-corrected chi connectivity index (χ4v) is 5.43. The lowest BCUT2D eigenvalue weighted by Gasteiger charge is -2.39. The molecule has 3 aliphatic heterocycles. The van der Waals surface area contributed by atoms with E-state index in [9.17, 15) is 22.8 Å². The van der Waals surface area contributed by atoms with Gasteiger partial charge in [-0.1, -0.05) is 26.0 Å². The summed E-state index contributed by atoms with van der Waals surface area (Å²) in [5.74, 6) is -0.288. The standard InChI is InChI=1S/C29H32F3N3O4/c1-3-28(4-2)15-19(23-10-8-20(29(30,31)32)13-25(23)39-28)12-26(36)33-21-9-7-18-16-35(17-22-6-5-11-38-22)27(37)34-24(18)14-21/h7-10,12-14,22H,3-6,11,15-17H2,1-2H3,(H,33,36)(H,34,37)/b19-12+. The number of hydrogen-bond acceptors (Lipinski definition) is 4. The maximum atomic E-state index is 13.4. The van der Waals surface area contributed by atoms with Crippen molar-refractivity contribution in [2.45, 2.75) is 70.4 Å². The Bertz CT molecular complexity index is 1300. The zero-order valence-electron chi connectivity index (χ0n) is 22.0. The molecule has 0 bridgehead atoms. The molecule has 0 aliphatic carbocycles. The Labute approximate surface area is 225 Å². The van der Waals surface area contributed by atoms with Crippen molar-refractivity contribution in [3.8, 4) is 5.75 Å². The molecule has 1 atom stereocenters. The van der Waals surface area contributed by atoms with Gasteiger partial charge in [-0.05, 0) is 61.1 Å². The number of amides is 3. The molecular weight excluding hydrogens is 511 g/mol. The molecule has 7 nitrogen and oxygen atoms in total. The quantitative estimate of drug-likeness (QED) is 0.403. The zero-order chi connectivity index (χ0) is 27.8. The number of anilines is 2. The highest BCUT2D eigenvalue weighted by atomic mass is 19.4. The van der Waals surface area contributed by atoms with Gasteiger partial charge in [-0.25, -0.2) is 4.79 Å². The van der Waals surface area contributed by atoms with Crippen LogP contribution in [0.5, 0.6) is 5.75 Å². The molecule has 0 saturated carbocycles. The Morgan fingerprint density at radius 2 is 2.00 bits per heavy atom. The van der Waals surface area contributed by atoms with Gasteiger partial charge in [0.1, 0.15) is 11.4 Å². The second-order valence-electron chi connectivity index (χ2n) is 10.4. The molecule has 0 radical (unpaired) electrons. The highest BCUT2D eigenvalue weighted by Crippen LogP contribution is 2.45. The summed E-state index contributed by atoms with van der Waals surface area (Å²) in [5, 5.41) is 5.72. The Morgan fingerprint density at radius 1 is 1.21 bits per heavy atom. The van der Waals surface area contributed by atoms with Gasteiger partial charge in [-0.3, -0.25) is 4.79 Å². The molecule has 1 unspecified atom stereocenters. The first kappa shape index (κ1) is 27.1. The maximum Gasteiger partial charge on any atom is 0.416 e. The lowest BCUT2D eigenvalue weighted by Crippen LogP contribution is -2.42. The predicted molar refractivity (Wildman–Crippen MR) is 141 cm³/mol. The minimum atomic E-state index is -4.50. The first-order valence-electron chi connectivity index (χ1n) is 13.3. The number of benzene rings is 2. The Kier molecular flexibility index (Phi) is 7.33. The maximum absolute atomic E-state index is 13.4. The molecule has 3 heterocycles. The van der Waals surface area contributed by atoms with Crippen LogP contribution in [0.15, 0.2) is 42.5 Å². The molecule has 3 aliphatic rings. The molecule has 2 aromatic carbocycles. The third-order valence-corrected chi connectivity index (χ3v) is 7.80. The fourth-order valence-electron chi connectivity index (χ4n) is 5.43. The third kappa shape index (κ3) is 5.75. The zero-order valence-corrected chi connectivity index (χ0v) is 22.0. The van der Waals surface area contributed by atoms with Crippen molar-refractivity contribution in [1.29, 1.82) is 0 Å². The molecule has 39 heavy (non-hydrogen) atoms. The molecule has 0 spiro atoms. The van der Waals surface area contributed by atoms with Crippen LogP contribution in [-0.2, 0) is 22.3 Å². The van der Waals surface area contributed by atoms with Crippen molar-refractivity contribution in [2.75, 3.05) is 23.8 Å². The third-order valence-electron chi connectivity index (χ3n) is 7.80. The van der Waals surface area contributed by atoms with E-state index in [2.05, 4.69) is 10.6 Å². The van der Waals surface area contributed by atoms with Crippen molar-refractivity contribution in [1.82, 2.24) is 4.90 Å². The number of halogens is 3. The van der Waals surface area contributed by atoms with Gasteiger partial charge in [0.2, 0.25) is 5.91 Å². The fraction of sp³-hybridized carbons (Fsp3) is 0.448. The summed E-state index contributed by atoms with van der Waals surface area (Å²) in [5.41, 5.74) is 1.65. The van der Waals surface area contributed by atoms with Gasteiger partial charge in [0.05, 0.1) is 11.7 Å². The number of alkyl halides is 3. The SMILES string of the molecule is CCC1(CC)C/C(=C\C(=O)Nc2ccc3c(c2)NC(=O)N(CC2CCCO2)C3)c2ccc(C(F)(F)F)cc2O1. The molecule has 1 fully saturated rings. The number of carbonyl (C=O) groups excluding carboxylic acids is 2. The van der Waals surface area contributed by atoms with Gasteiger partial charge in [0.15, 0.2) is 0 Å². The molecule has 10 heteroatoms. The van der Waals surface area contributed by atoms with E-state index in [1.165, 1.54) is 12.1 Å². The lowest BCUT2D eigenvalue weighted by atomic mass is 9.83.